The highest BCUT2D eigenvalue weighted by atomic mass is 28.1. The van der Waals surface area contributed by atoms with Gasteiger partial charge in [-0.25, -0.2) is 0 Å². The Morgan fingerprint density at radius 1 is 0.750 bits per heavy atom. The Bertz CT molecular complexity index is 6.00. The molecule has 0 heterocycles. The largest absolute Gasteiger partial charge is 0.412 e. The molecule has 0 aromatic heterocycles. The van der Waals surface area contributed by atoms with Crippen molar-refractivity contribution in [3.05, 3.63) is 0 Å². The van der Waals surface area contributed by atoms with Gasteiger partial charge >= 0.3 is 0 Å². The van der Waals surface area contributed by atoms with E-state index >= 15 is 0 Å². The molecule has 3 heteroatoms. The van der Waals surface area contributed by atoms with E-state index in [0.717, 1.165) is 0 Å². The molecule has 0 spiro atoms. The van der Waals surface area contributed by atoms with Gasteiger partial charge in [-0.15, -0.1) is 0 Å². The van der Waals surface area contributed by atoms with Gasteiger partial charge < -0.3 is 5.48 Å². The van der Waals surface area contributed by atoms with E-state index in [1.54, 1.807) is 0 Å². The first kappa shape index (κ1) is 326. The van der Waals surface area contributed by atoms with Crippen LogP contribution in [0.3, 0.4) is 0 Å². The first-order valence-electron chi connectivity index (χ1n) is 0. The summed E-state index contributed by atoms with van der Waals surface area (Å²) in [5.74, 6) is 0. The van der Waals surface area contributed by atoms with Gasteiger partial charge in [0.15, 0.2) is 0 Å². The number of hydrogen-bond acceptors (Lipinski definition) is 0. The molecule has 0 amide bonds. The summed E-state index contributed by atoms with van der Waals surface area (Å²) >= 11 is 0. The van der Waals surface area contributed by atoms with Crippen molar-refractivity contribution in [2.24, 2.45) is 0 Å². The Balaban J connectivity index is 0. The molecule has 24 valence electrons. The predicted octanol–water partition coefficient (Wildman–Crippen LogP) is -0.950. The van der Waals surface area contributed by atoms with Gasteiger partial charge in [0.05, 0.1) is 0 Å². The van der Waals surface area contributed by atoms with Crippen LogP contribution in [0.4, 0.5) is 0 Å². The first-order valence-corrected chi connectivity index (χ1v) is 0. The standard InChI is InChI=1S/CH4.H2O.2Si/h1H4;1H2;;. The van der Waals surface area contributed by atoms with Gasteiger partial charge in [0.2, 0.25) is 0 Å². The fraction of sp³-hybridized carbons (Fsp3) is 1.00. The fourth-order valence-corrected chi connectivity index (χ4v) is 0. The summed E-state index contributed by atoms with van der Waals surface area (Å²) in [5, 5.41) is 0. The topological polar surface area (TPSA) is 31.5 Å². The van der Waals surface area contributed by atoms with Gasteiger partial charge in [0.1, 0.15) is 0 Å². The molecule has 0 aliphatic carbocycles. The van der Waals surface area contributed by atoms with Crippen LogP contribution in [0.1, 0.15) is 7.43 Å². The van der Waals surface area contributed by atoms with E-state index in [1.165, 1.54) is 0 Å². The maximum atomic E-state index is 0. The van der Waals surface area contributed by atoms with Gasteiger partial charge in [-0.1, -0.05) is 7.43 Å². The van der Waals surface area contributed by atoms with Crippen LogP contribution < -0.4 is 0 Å². The summed E-state index contributed by atoms with van der Waals surface area (Å²) in [6, 6.07) is 0. The Labute approximate surface area is 35.8 Å². The predicted molar refractivity (Wildman–Crippen MR) is 21.9 cm³/mol. The minimum absolute atomic E-state index is 0. The monoisotopic (exact) mass is 90.0 g/mol. The number of hydrogen-bond donors (Lipinski definition) is 0. The van der Waals surface area contributed by atoms with E-state index in [-0.39, 0.29) is 34.8 Å². The van der Waals surface area contributed by atoms with Crippen molar-refractivity contribution in [3.63, 3.8) is 0 Å². The van der Waals surface area contributed by atoms with E-state index < -0.39 is 0 Å². The Kier molecular flexibility index (Phi) is 10200. The van der Waals surface area contributed by atoms with Crippen molar-refractivity contribution in [3.8, 4) is 0 Å². The molecule has 0 aromatic rings. The minimum atomic E-state index is 0. The third kappa shape index (κ3) is 30.0. The van der Waals surface area contributed by atoms with Crippen LogP contribution in [-0.2, 0) is 0 Å². The van der Waals surface area contributed by atoms with Gasteiger partial charge in [-0.05, 0) is 0 Å². The Morgan fingerprint density at radius 2 is 0.750 bits per heavy atom. The zero-order valence-corrected chi connectivity index (χ0v) is 3.50. The summed E-state index contributed by atoms with van der Waals surface area (Å²) < 4.78 is 0. The molecule has 0 saturated carbocycles. The van der Waals surface area contributed by atoms with E-state index in [4.69, 9.17) is 0 Å². The zero-order valence-electron chi connectivity index (χ0n) is 1.50. The SMILES string of the molecule is C.O.[Si].[Si]. The molecule has 0 unspecified atom stereocenters. The third-order valence-electron chi connectivity index (χ3n) is 0. The molecule has 0 bridgehead atoms. The van der Waals surface area contributed by atoms with Crippen molar-refractivity contribution < 1.29 is 5.48 Å². The molecule has 8 radical (unpaired) electrons. The van der Waals surface area contributed by atoms with Crippen LogP contribution in [0.25, 0.3) is 0 Å². The van der Waals surface area contributed by atoms with E-state index in [2.05, 4.69) is 0 Å². The molecule has 0 aliphatic heterocycles. The van der Waals surface area contributed by atoms with Crippen molar-refractivity contribution in [1.29, 1.82) is 0 Å². The normalized spacial score (nSPS) is 0. The highest BCUT2D eigenvalue weighted by Crippen LogP contribution is 0.144. The average Bonchev–Trinajstić information content (AvgIpc) is 0. The lowest BCUT2D eigenvalue weighted by atomic mass is 12.0. The highest BCUT2D eigenvalue weighted by Gasteiger charge is 0.00103. The van der Waals surface area contributed by atoms with Crippen LogP contribution in [0.15, 0.2) is 0 Å². The minimum Gasteiger partial charge on any atom is -0.412 e. The van der Waals surface area contributed by atoms with E-state index in [0.29, 0.717) is 0 Å². The summed E-state index contributed by atoms with van der Waals surface area (Å²) in [6.07, 6.45) is 0. The van der Waals surface area contributed by atoms with Crippen LogP contribution in [0.2, 0.25) is 0 Å². The van der Waals surface area contributed by atoms with Crippen LogP contribution in [0.5, 0.6) is 0 Å². The lowest BCUT2D eigenvalue weighted by Crippen LogP contribution is -0.382. The van der Waals surface area contributed by atoms with Gasteiger partial charge in [-0.2, -0.15) is 0 Å². The summed E-state index contributed by atoms with van der Waals surface area (Å²) in [7, 11) is 0. The van der Waals surface area contributed by atoms with Gasteiger partial charge in [-0.3, -0.25) is 0 Å². The zero-order chi connectivity index (χ0) is 0. The van der Waals surface area contributed by atoms with Crippen LogP contribution >= 0.6 is 0 Å². The second kappa shape index (κ2) is 125. The smallest absolute Gasteiger partial charge is 0 e. The second-order valence-corrected chi connectivity index (χ2v) is 0. The summed E-state index contributed by atoms with van der Waals surface area (Å²) in [4.78, 5) is 0. The average molecular weight is 90.2 g/mol. The van der Waals surface area contributed by atoms with Crippen molar-refractivity contribution in [1.82, 2.24) is 0 Å². The Hall–Kier alpha value is 0.394. The molecule has 0 saturated heterocycles. The maximum absolute atomic E-state index is 0. The second-order valence-electron chi connectivity index (χ2n) is 0. The molecule has 1 nitrogen and oxygen atoms in total. The molecule has 0 rings (SSSR count). The fourth-order valence-electron chi connectivity index (χ4n) is 0. The Morgan fingerprint density at radius 3 is 0.750 bits per heavy atom. The summed E-state index contributed by atoms with van der Waals surface area (Å²) in [6.45, 7) is 0. The van der Waals surface area contributed by atoms with E-state index in [1.807, 2.05) is 0 Å². The maximum Gasteiger partial charge on any atom is 0 e. The van der Waals surface area contributed by atoms with Crippen molar-refractivity contribution in [2.45, 2.75) is 7.43 Å². The molecule has 4 heavy (non-hydrogen) atoms. The quantitative estimate of drug-likeness (QED) is 0.343. The molecular formula is CH6OSi2. The summed E-state index contributed by atoms with van der Waals surface area (Å²) in [5.41, 5.74) is 0. The van der Waals surface area contributed by atoms with Crippen LogP contribution in [0, 0.1) is 0 Å². The van der Waals surface area contributed by atoms with Gasteiger partial charge in [0.25, 0.3) is 0 Å². The van der Waals surface area contributed by atoms with Crippen molar-refractivity contribution >= 4 is 21.9 Å². The molecule has 0 fully saturated rings. The number of rotatable bonds is 0. The molecule has 0 aromatic carbocycles. The lowest BCUT2D eigenvalue weighted by molar-refractivity contribution is 0.824. The third-order valence-corrected chi connectivity index (χ3v) is 0. The van der Waals surface area contributed by atoms with Crippen molar-refractivity contribution in [2.75, 3.05) is 0 Å². The molecule has 2 N–H and O–H groups in total. The molecular weight excluding hydrogens is 84.2 g/mol. The first-order chi connectivity index (χ1) is 0. The van der Waals surface area contributed by atoms with E-state index in [9.17, 15) is 0 Å². The van der Waals surface area contributed by atoms with Gasteiger partial charge in [0, 0.05) is 21.9 Å². The van der Waals surface area contributed by atoms with Crippen LogP contribution in [-0.4, -0.2) is 27.4 Å². The molecule has 0 aliphatic rings. The highest BCUT2D eigenvalue weighted by molar-refractivity contribution is 5.76. The lowest BCUT2D eigenvalue weighted by Gasteiger charge is -0.412. The molecule has 0 atom stereocenters.